The highest BCUT2D eigenvalue weighted by Crippen LogP contribution is 2.18. The van der Waals surface area contributed by atoms with E-state index in [1.54, 1.807) is 23.5 Å². The van der Waals surface area contributed by atoms with Crippen molar-refractivity contribution in [1.82, 2.24) is 5.32 Å². The highest BCUT2D eigenvalue weighted by atomic mass is 32.1. The maximum Gasteiger partial charge on any atom is 0.341 e. The minimum atomic E-state index is -1.02. The summed E-state index contributed by atoms with van der Waals surface area (Å²) in [5.41, 5.74) is 0.933. The molecule has 0 aliphatic carbocycles. The molecule has 0 spiro atoms. The Kier molecular flexibility index (Phi) is 5.55. The molecule has 0 bridgehead atoms. The number of thiophene rings is 1. The van der Waals surface area contributed by atoms with Gasteiger partial charge in [-0.25, -0.2) is 4.79 Å². The van der Waals surface area contributed by atoms with Crippen molar-refractivity contribution in [3.63, 3.8) is 0 Å². The Morgan fingerprint density at radius 1 is 1.27 bits per heavy atom. The summed E-state index contributed by atoms with van der Waals surface area (Å²) in [6, 6.07) is 10.7. The zero-order chi connectivity index (χ0) is 15.9. The smallest absolute Gasteiger partial charge is 0.341 e. The van der Waals surface area contributed by atoms with Crippen molar-refractivity contribution in [1.29, 1.82) is 0 Å². The van der Waals surface area contributed by atoms with Crippen LogP contribution in [0.1, 0.15) is 23.4 Å². The lowest BCUT2D eigenvalue weighted by atomic mass is 10.1. The minimum Gasteiger partial charge on any atom is -0.482 e. The van der Waals surface area contributed by atoms with Crippen molar-refractivity contribution in [2.45, 2.75) is 19.4 Å². The van der Waals surface area contributed by atoms with Gasteiger partial charge in [-0.15, -0.1) is 11.3 Å². The third kappa shape index (κ3) is 4.89. The Labute approximate surface area is 132 Å². The van der Waals surface area contributed by atoms with Gasteiger partial charge in [0.25, 0.3) is 0 Å². The summed E-state index contributed by atoms with van der Waals surface area (Å²) in [7, 11) is 0. The van der Waals surface area contributed by atoms with Crippen LogP contribution in [0.15, 0.2) is 41.8 Å². The molecule has 0 saturated carbocycles. The van der Waals surface area contributed by atoms with E-state index in [2.05, 4.69) is 5.32 Å². The Hall–Kier alpha value is -2.34. The average molecular weight is 319 g/mol. The second-order valence-corrected chi connectivity index (χ2v) is 5.83. The van der Waals surface area contributed by atoms with Crippen LogP contribution in [0.25, 0.3) is 0 Å². The van der Waals surface area contributed by atoms with Gasteiger partial charge >= 0.3 is 5.97 Å². The number of carboxylic acid groups (broad SMARTS) is 1. The van der Waals surface area contributed by atoms with Crippen LogP contribution < -0.4 is 10.1 Å². The van der Waals surface area contributed by atoms with Crippen LogP contribution in [0, 0.1) is 0 Å². The van der Waals surface area contributed by atoms with E-state index in [1.807, 2.05) is 36.6 Å². The molecule has 1 amide bonds. The molecule has 1 heterocycles. The van der Waals surface area contributed by atoms with Crippen molar-refractivity contribution in [3.8, 4) is 5.75 Å². The quantitative estimate of drug-likeness (QED) is 0.822. The largest absolute Gasteiger partial charge is 0.482 e. The van der Waals surface area contributed by atoms with E-state index in [0.717, 1.165) is 10.4 Å². The van der Waals surface area contributed by atoms with E-state index in [1.165, 1.54) is 0 Å². The molecule has 2 rings (SSSR count). The molecule has 22 heavy (non-hydrogen) atoms. The Morgan fingerprint density at radius 2 is 2.00 bits per heavy atom. The molecular formula is C16H17NO4S. The Balaban J connectivity index is 1.87. The number of ether oxygens (including phenoxy) is 1. The lowest BCUT2D eigenvalue weighted by Gasteiger charge is -2.14. The van der Waals surface area contributed by atoms with E-state index in [-0.39, 0.29) is 18.6 Å². The molecule has 0 radical (unpaired) electrons. The van der Waals surface area contributed by atoms with Crippen LogP contribution in [0.4, 0.5) is 0 Å². The van der Waals surface area contributed by atoms with Gasteiger partial charge in [0.15, 0.2) is 6.61 Å². The lowest BCUT2D eigenvalue weighted by molar-refractivity contribution is -0.139. The van der Waals surface area contributed by atoms with Crippen molar-refractivity contribution < 1.29 is 19.4 Å². The summed E-state index contributed by atoms with van der Waals surface area (Å²) >= 11 is 1.56. The van der Waals surface area contributed by atoms with Crippen LogP contribution in [0.2, 0.25) is 0 Å². The summed E-state index contributed by atoms with van der Waals surface area (Å²) in [5.74, 6) is -0.553. The van der Waals surface area contributed by atoms with Gasteiger partial charge in [-0.3, -0.25) is 4.79 Å². The third-order valence-electron chi connectivity index (χ3n) is 3.03. The number of amides is 1. The zero-order valence-electron chi connectivity index (χ0n) is 12.1. The first-order valence-electron chi connectivity index (χ1n) is 6.81. The molecule has 0 fully saturated rings. The number of rotatable bonds is 7. The molecule has 2 aromatic rings. The topological polar surface area (TPSA) is 75.6 Å². The van der Waals surface area contributed by atoms with Gasteiger partial charge in [-0.05, 0) is 36.1 Å². The number of carbonyl (C=O) groups is 2. The second kappa shape index (κ2) is 7.61. The normalized spacial score (nSPS) is 11.7. The van der Waals surface area contributed by atoms with Crippen molar-refractivity contribution in [2.75, 3.05) is 6.61 Å². The van der Waals surface area contributed by atoms with Gasteiger partial charge < -0.3 is 15.2 Å². The van der Waals surface area contributed by atoms with E-state index >= 15 is 0 Å². The van der Waals surface area contributed by atoms with Crippen LogP contribution in [-0.4, -0.2) is 23.6 Å². The van der Waals surface area contributed by atoms with Crippen LogP contribution in [0.5, 0.6) is 5.75 Å². The number of hydrogen-bond donors (Lipinski definition) is 2. The second-order valence-electron chi connectivity index (χ2n) is 4.80. The number of hydrogen-bond acceptors (Lipinski definition) is 4. The van der Waals surface area contributed by atoms with Crippen molar-refractivity contribution in [2.24, 2.45) is 0 Å². The average Bonchev–Trinajstić information content (AvgIpc) is 2.98. The van der Waals surface area contributed by atoms with Gasteiger partial charge in [0.1, 0.15) is 5.75 Å². The predicted molar refractivity (Wildman–Crippen MR) is 84.2 cm³/mol. The summed E-state index contributed by atoms with van der Waals surface area (Å²) < 4.78 is 5.07. The van der Waals surface area contributed by atoms with Crippen molar-refractivity contribution >= 4 is 23.2 Å². The lowest BCUT2D eigenvalue weighted by Crippen LogP contribution is -2.27. The van der Waals surface area contributed by atoms with E-state index < -0.39 is 5.97 Å². The number of aliphatic carboxylic acids is 1. The summed E-state index contributed by atoms with van der Waals surface area (Å²) in [6.45, 7) is 1.53. The number of carboxylic acids is 1. The molecule has 1 unspecified atom stereocenters. The molecule has 1 atom stereocenters. The number of carbonyl (C=O) groups excluding carboxylic acids is 1. The first kappa shape index (κ1) is 16.0. The first-order valence-corrected chi connectivity index (χ1v) is 7.69. The SMILES string of the molecule is CC(NC(=O)Cc1cccs1)c1ccc(OCC(=O)O)cc1. The molecular weight excluding hydrogens is 302 g/mol. The summed E-state index contributed by atoms with van der Waals surface area (Å²) in [5, 5.41) is 13.4. The summed E-state index contributed by atoms with van der Waals surface area (Å²) in [4.78, 5) is 23.4. The maximum absolute atomic E-state index is 11.9. The standard InChI is InChI=1S/C16H17NO4S/c1-11(17-15(18)9-14-3-2-8-22-14)12-4-6-13(7-5-12)21-10-16(19)20/h2-8,11H,9-10H2,1H3,(H,17,18)(H,19,20). The fourth-order valence-corrected chi connectivity index (χ4v) is 2.65. The monoisotopic (exact) mass is 319 g/mol. The molecule has 5 nitrogen and oxygen atoms in total. The zero-order valence-corrected chi connectivity index (χ0v) is 12.9. The molecule has 1 aromatic heterocycles. The molecule has 116 valence electrons. The molecule has 0 saturated heterocycles. The fraction of sp³-hybridized carbons (Fsp3) is 0.250. The van der Waals surface area contributed by atoms with Gasteiger partial charge in [-0.2, -0.15) is 0 Å². The number of benzene rings is 1. The van der Waals surface area contributed by atoms with Crippen molar-refractivity contribution in [3.05, 3.63) is 52.2 Å². The Morgan fingerprint density at radius 3 is 2.59 bits per heavy atom. The van der Waals surface area contributed by atoms with E-state index in [9.17, 15) is 9.59 Å². The van der Waals surface area contributed by atoms with E-state index in [0.29, 0.717) is 12.2 Å². The van der Waals surface area contributed by atoms with Gasteiger partial charge in [0.2, 0.25) is 5.91 Å². The highest BCUT2D eigenvalue weighted by molar-refractivity contribution is 7.10. The molecule has 0 aliphatic rings. The molecule has 2 N–H and O–H groups in total. The van der Waals surface area contributed by atoms with Gasteiger partial charge in [0, 0.05) is 4.88 Å². The van der Waals surface area contributed by atoms with Crippen LogP contribution in [-0.2, 0) is 16.0 Å². The van der Waals surface area contributed by atoms with Gasteiger partial charge in [0.05, 0.1) is 12.5 Å². The maximum atomic E-state index is 11.9. The van der Waals surface area contributed by atoms with E-state index in [4.69, 9.17) is 9.84 Å². The van der Waals surface area contributed by atoms with Crippen LogP contribution in [0.3, 0.4) is 0 Å². The molecule has 1 aromatic carbocycles. The molecule has 6 heteroatoms. The Bertz CT molecular complexity index is 622. The van der Waals surface area contributed by atoms with Gasteiger partial charge in [-0.1, -0.05) is 18.2 Å². The number of nitrogens with one attached hydrogen (secondary N) is 1. The third-order valence-corrected chi connectivity index (χ3v) is 3.91. The minimum absolute atomic E-state index is 0.0267. The summed E-state index contributed by atoms with van der Waals surface area (Å²) in [6.07, 6.45) is 0.377. The predicted octanol–water partition coefficient (Wildman–Crippen LogP) is 2.63. The molecule has 0 aliphatic heterocycles. The van der Waals surface area contributed by atoms with Crippen LogP contribution >= 0.6 is 11.3 Å². The first-order chi connectivity index (χ1) is 10.5. The fourth-order valence-electron chi connectivity index (χ4n) is 1.95. The highest BCUT2D eigenvalue weighted by Gasteiger charge is 2.11.